The molecule has 0 bridgehead atoms. The summed E-state index contributed by atoms with van der Waals surface area (Å²) in [5, 5.41) is 17.7. The van der Waals surface area contributed by atoms with E-state index >= 15 is 0 Å². The number of hydrogen-bond donors (Lipinski definition) is 2. The van der Waals surface area contributed by atoms with Crippen molar-refractivity contribution < 1.29 is 24.5 Å². The number of aliphatic carboxylic acids is 2. The Labute approximate surface area is 88.0 Å². The molecule has 86 valence electrons. The second-order valence-corrected chi connectivity index (χ2v) is 4.64. The average Bonchev–Trinajstić information content (AvgIpc) is 2.21. The zero-order valence-electron chi connectivity index (χ0n) is 9.11. The summed E-state index contributed by atoms with van der Waals surface area (Å²) in [6.07, 6.45) is 0.280. The van der Waals surface area contributed by atoms with Crippen LogP contribution in [0.15, 0.2) is 0 Å². The van der Waals surface area contributed by atoms with E-state index in [1.165, 1.54) is 6.92 Å². The Morgan fingerprint density at radius 2 is 1.93 bits per heavy atom. The molecule has 0 saturated carbocycles. The van der Waals surface area contributed by atoms with Gasteiger partial charge in [0.05, 0.1) is 12.0 Å². The molecular weight excluding hydrogens is 200 g/mol. The van der Waals surface area contributed by atoms with Crippen LogP contribution in [0.3, 0.4) is 0 Å². The minimum absolute atomic E-state index is 0.166. The Morgan fingerprint density at radius 1 is 1.40 bits per heavy atom. The normalized spacial score (nSPS) is 40.3. The highest BCUT2D eigenvalue weighted by Gasteiger charge is 2.54. The highest BCUT2D eigenvalue weighted by atomic mass is 16.6. The van der Waals surface area contributed by atoms with Crippen LogP contribution >= 0.6 is 0 Å². The van der Waals surface area contributed by atoms with E-state index in [0.717, 1.165) is 0 Å². The third kappa shape index (κ3) is 2.12. The van der Waals surface area contributed by atoms with Gasteiger partial charge in [-0.2, -0.15) is 0 Å². The molecule has 0 aromatic heterocycles. The van der Waals surface area contributed by atoms with Crippen molar-refractivity contribution in [3.63, 3.8) is 0 Å². The molecule has 0 aromatic rings. The van der Waals surface area contributed by atoms with Gasteiger partial charge in [-0.05, 0) is 26.2 Å². The lowest BCUT2D eigenvalue weighted by molar-refractivity contribution is -0.176. The van der Waals surface area contributed by atoms with E-state index in [1.807, 2.05) is 0 Å². The van der Waals surface area contributed by atoms with Gasteiger partial charge in [-0.15, -0.1) is 0 Å². The SMILES string of the molecule is CC1CC(C)(CC(=O)O)OC1(C)C(=O)O. The highest BCUT2D eigenvalue weighted by Crippen LogP contribution is 2.43. The largest absolute Gasteiger partial charge is 0.481 e. The summed E-state index contributed by atoms with van der Waals surface area (Å²) < 4.78 is 5.44. The van der Waals surface area contributed by atoms with Gasteiger partial charge in [0.1, 0.15) is 0 Å². The lowest BCUT2D eigenvalue weighted by Gasteiger charge is -2.27. The molecule has 1 rings (SSSR count). The molecule has 0 amide bonds. The Bertz CT molecular complexity index is 300. The van der Waals surface area contributed by atoms with Crippen LogP contribution in [0.4, 0.5) is 0 Å². The summed E-state index contributed by atoms with van der Waals surface area (Å²) in [6.45, 7) is 4.90. The van der Waals surface area contributed by atoms with Crippen LogP contribution in [0, 0.1) is 5.92 Å². The van der Waals surface area contributed by atoms with E-state index < -0.39 is 23.1 Å². The van der Waals surface area contributed by atoms with E-state index in [1.54, 1.807) is 13.8 Å². The maximum atomic E-state index is 11.0. The van der Waals surface area contributed by atoms with Crippen LogP contribution in [-0.2, 0) is 14.3 Å². The third-order valence-corrected chi connectivity index (χ3v) is 3.09. The number of rotatable bonds is 3. The zero-order valence-corrected chi connectivity index (χ0v) is 9.11. The molecule has 0 spiro atoms. The number of ether oxygens (including phenoxy) is 1. The molecule has 15 heavy (non-hydrogen) atoms. The van der Waals surface area contributed by atoms with Crippen molar-refractivity contribution in [1.29, 1.82) is 0 Å². The molecule has 1 saturated heterocycles. The first-order valence-electron chi connectivity index (χ1n) is 4.85. The number of hydrogen-bond acceptors (Lipinski definition) is 3. The smallest absolute Gasteiger partial charge is 0.335 e. The second kappa shape index (κ2) is 3.48. The number of carbonyl (C=O) groups is 2. The number of carboxylic acid groups (broad SMARTS) is 2. The van der Waals surface area contributed by atoms with Crippen LogP contribution < -0.4 is 0 Å². The molecule has 1 aliphatic rings. The van der Waals surface area contributed by atoms with Crippen molar-refractivity contribution >= 4 is 11.9 Å². The fourth-order valence-electron chi connectivity index (χ4n) is 2.18. The molecular formula is C10H16O5. The van der Waals surface area contributed by atoms with E-state index in [9.17, 15) is 9.59 Å². The Kier molecular flexibility index (Phi) is 2.78. The topological polar surface area (TPSA) is 83.8 Å². The molecule has 1 heterocycles. The van der Waals surface area contributed by atoms with Gasteiger partial charge in [0.25, 0.3) is 0 Å². The first-order chi connectivity index (χ1) is 6.69. The van der Waals surface area contributed by atoms with Crippen LogP contribution in [0.2, 0.25) is 0 Å². The van der Waals surface area contributed by atoms with E-state index in [0.29, 0.717) is 6.42 Å². The summed E-state index contributed by atoms with van der Waals surface area (Å²) in [6, 6.07) is 0. The first kappa shape index (κ1) is 12.0. The monoisotopic (exact) mass is 216 g/mol. The Hall–Kier alpha value is -1.10. The molecule has 3 atom stereocenters. The molecule has 3 unspecified atom stereocenters. The van der Waals surface area contributed by atoms with Crippen molar-refractivity contribution in [3.05, 3.63) is 0 Å². The van der Waals surface area contributed by atoms with Crippen molar-refractivity contribution in [2.45, 2.75) is 44.8 Å². The van der Waals surface area contributed by atoms with Gasteiger partial charge in [-0.3, -0.25) is 4.79 Å². The van der Waals surface area contributed by atoms with E-state index in [4.69, 9.17) is 14.9 Å². The van der Waals surface area contributed by atoms with Gasteiger partial charge in [0, 0.05) is 0 Å². The molecule has 0 aromatic carbocycles. The third-order valence-electron chi connectivity index (χ3n) is 3.09. The molecule has 0 radical (unpaired) electrons. The molecule has 1 fully saturated rings. The molecule has 0 aliphatic carbocycles. The van der Waals surface area contributed by atoms with Crippen LogP contribution in [0.25, 0.3) is 0 Å². The van der Waals surface area contributed by atoms with Gasteiger partial charge in [0.15, 0.2) is 5.60 Å². The van der Waals surface area contributed by atoms with Crippen molar-refractivity contribution in [2.75, 3.05) is 0 Å². The van der Waals surface area contributed by atoms with Gasteiger partial charge in [-0.25, -0.2) is 4.79 Å². The Morgan fingerprint density at radius 3 is 2.27 bits per heavy atom. The first-order valence-corrected chi connectivity index (χ1v) is 4.85. The predicted molar refractivity (Wildman–Crippen MR) is 51.6 cm³/mol. The second-order valence-electron chi connectivity index (χ2n) is 4.64. The summed E-state index contributed by atoms with van der Waals surface area (Å²) in [7, 11) is 0. The summed E-state index contributed by atoms with van der Waals surface area (Å²) in [5.74, 6) is -2.21. The number of carboxylic acids is 2. The van der Waals surface area contributed by atoms with Gasteiger partial charge in [-0.1, -0.05) is 6.92 Å². The average molecular weight is 216 g/mol. The maximum Gasteiger partial charge on any atom is 0.335 e. The lowest BCUT2D eigenvalue weighted by atomic mass is 9.86. The molecule has 1 aliphatic heterocycles. The summed E-state index contributed by atoms with van der Waals surface area (Å²) >= 11 is 0. The van der Waals surface area contributed by atoms with Crippen molar-refractivity contribution in [3.8, 4) is 0 Å². The molecule has 5 nitrogen and oxygen atoms in total. The van der Waals surface area contributed by atoms with Crippen LogP contribution in [-0.4, -0.2) is 33.4 Å². The highest BCUT2D eigenvalue weighted by molar-refractivity contribution is 5.78. The van der Waals surface area contributed by atoms with Gasteiger partial charge in [0.2, 0.25) is 0 Å². The van der Waals surface area contributed by atoms with Crippen molar-refractivity contribution in [1.82, 2.24) is 0 Å². The minimum atomic E-state index is -1.27. The fraction of sp³-hybridized carbons (Fsp3) is 0.800. The quantitative estimate of drug-likeness (QED) is 0.738. The van der Waals surface area contributed by atoms with Crippen LogP contribution in [0.1, 0.15) is 33.6 Å². The van der Waals surface area contributed by atoms with Gasteiger partial charge >= 0.3 is 11.9 Å². The zero-order chi connectivity index (χ0) is 11.9. The van der Waals surface area contributed by atoms with E-state index in [-0.39, 0.29) is 12.3 Å². The molecule has 2 N–H and O–H groups in total. The van der Waals surface area contributed by atoms with Gasteiger partial charge < -0.3 is 14.9 Å². The fourth-order valence-corrected chi connectivity index (χ4v) is 2.18. The summed E-state index contributed by atoms with van der Waals surface area (Å²) in [5.41, 5.74) is -2.15. The Balaban J connectivity index is 2.87. The standard InChI is InChI=1S/C10H16O5/c1-6-4-9(2,5-7(11)12)15-10(6,3)8(13)14/h6H,4-5H2,1-3H3,(H,11,12)(H,13,14). The van der Waals surface area contributed by atoms with Crippen molar-refractivity contribution in [2.24, 2.45) is 5.92 Å². The lowest BCUT2D eigenvalue weighted by Crippen LogP contribution is -2.42. The predicted octanol–water partition coefficient (Wildman–Crippen LogP) is 1.12. The minimum Gasteiger partial charge on any atom is -0.481 e. The maximum absolute atomic E-state index is 11.0. The molecule has 5 heteroatoms. The summed E-state index contributed by atoms with van der Waals surface area (Å²) in [4.78, 5) is 21.7. The van der Waals surface area contributed by atoms with Crippen LogP contribution in [0.5, 0.6) is 0 Å². The van der Waals surface area contributed by atoms with E-state index in [2.05, 4.69) is 0 Å².